The molecule has 12 heterocycles. The summed E-state index contributed by atoms with van der Waals surface area (Å²) in [7, 11) is 9.24. The normalized spacial score (nSPS) is 17.4. The molecule has 6 aromatic heterocycles. The van der Waals surface area contributed by atoms with Crippen LogP contribution in [0.5, 0.6) is 34.5 Å². The van der Waals surface area contributed by atoms with Gasteiger partial charge in [0.15, 0.2) is 46.0 Å². The Morgan fingerprint density at radius 3 is 1.10 bits per heavy atom. The van der Waals surface area contributed by atoms with Crippen LogP contribution in [0.3, 0.4) is 0 Å². The number of aliphatic hydroxyl groups excluding tert-OH is 1. The molecule has 0 radical (unpaired) electrons. The van der Waals surface area contributed by atoms with Crippen LogP contribution >= 0.6 is 0 Å². The highest BCUT2D eigenvalue weighted by Crippen LogP contribution is 2.44. The van der Waals surface area contributed by atoms with E-state index in [1.165, 1.54) is 89.2 Å². The number of hydrogen-bond donors (Lipinski definition) is 4. The summed E-state index contributed by atoms with van der Waals surface area (Å²) in [5.41, 5.74) is 11.0. The van der Waals surface area contributed by atoms with E-state index in [9.17, 15) is 5.11 Å². The van der Waals surface area contributed by atoms with Gasteiger partial charge in [-0.05, 0) is 249 Å². The molecule has 0 unspecified atom stereocenters. The first-order valence-corrected chi connectivity index (χ1v) is 39.1. The zero-order valence-electron chi connectivity index (χ0n) is 63.7. The number of methoxy groups -OCH3 is 3. The number of aliphatic hydroxyl groups is 1. The molecule has 6 aliphatic heterocycles. The number of aryl methyl sites for hydroxylation is 3. The van der Waals surface area contributed by atoms with Crippen molar-refractivity contribution in [2.45, 2.75) is 129 Å². The summed E-state index contributed by atoms with van der Waals surface area (Å²) < 4.78 is 47.8. The van der Waals surface area contributed by atoms with E-state index < -0.39 is 0 Å². The number of nitrogens with one attached hydrogen (secondary N) is 3. The molecule has 6 saturated heterocycles. The third-order valence-electron chi connectivity index (χ3n) is 22.2. The summed E-state index contributed by atoms with van der Waals surface area (Å²) in [6.45, 7) is 24.6. The van der Waals surface area contributed by atoms with Crippen molar-refractivity contribution in [3.05, 3.63) is 108 Å². The SMILES string of the molecule is CNC1CCN(c2cc(-c3ccc(C)[nH]3)nc3cc(OCCCN4CCCC4)c(OC)cc23)CC1.CNC1CCN(c2cc(-c3ccc(C)o3)nc3cc(OCCCN4CCCC4)c(OC)cc23)CC1.COc1cc2c(N3CCC(CO)CC3)cc(-c3ccc(C)o3)nc2cc1OCCCN1CCCC1. The van der Waals surface area contributed by atoms with E-state index in [0.717, 1.165) is 241 Å². The van der Waals surface area contributed by atoms with E-state index in [2.05, 4.69) is 121 Å². The molecule has 21 heteroatoms. The highest BCUT2D eigenvalue weighted by Gasteiger charge is 2.28. The second-order valence-electron chi connectivity index (χ2n) is 29.5. The molecular formula is C84H114N12O9. The Morgan fingerprint density at radius 2 is 0.781 bits per heavy atom. The second kappa shape index (κ2) is 36.3. The first kappa shape index (κ1) is 74.9. The maximum Gasteiger partial charge on any atom is 0.163 e. The van der Waals surface area contributed by atoms with E-state index in [0.29, 0.717) is 37.8 Å². The maximum absolute atomic E-state index is 9.59. The van der Waals surface area contributed by atoms with Gasteiger partial charge in [-0.15, -0.1) is 0 Å². The predicted octanol–water partition coefficient (Wildman–Crippen LogP) is 14.3. The number of ether oxygens (including phenoxy) is 6. The van der Waals surface area contributed by atoms with Gasteiger partial charge in [-0.3, -0.25) is 0 Å². The van der Waals surface area contributed by atoms with Crippen LogP contribution in [-0.2, 0) is 0 Å². The summed E-state index contributed by atoms with van der Waals surface area (Å²) in [4.78, 5) is 33.4. The largest absolute Gasteiger partial charge is 0.493 e. The van der Waals surface area contributed by atoms with Crippen LogP contribution in [0.2, 0.25) is 0 Å². The number of piperidine rings is 3. The molecule has 6 fully saturated rings. The van der Waals surface area contributed by atoms with Gasteiger partial charge in [-0.1, -0.05) is 0 Å². The number of benzene rings is 3. The Kier molecular flexibility index (Phi) is 25.9. The summed E-state index contributed by atoms with van der Waals surface area (Å²) in [5.74, 6) is 8.19. The second-order valence-corrected chi connectivity index (χ2v) is 29.5. The Balaban J connectivity index is 0.000000140. The highest BCUT2D eigenvalue weighted by atomic mass is 16.5. The maximum atomic E-state index is 9.59. The minimum atomic E-state index is 0.258. The van der Waals surface area contributed by atoms with Crippen molar-refractivity contribution < 1.29 is 42.4 Å². The third kappa shape index (κ3) is 18.9. The van der Waals surface area contributed by atoms with Crippen LogP contribution in [0, 0.1) is 26.7 Å². The van der Waals surface area contributed by atoms with Gasteiger partial charge in [-0.2, -0.15) is 0 Å². The number of likely N-dealkylation sites (tertiary alicyclic amines) is 3. The van der Waals surface area contributed by atoms with Crippen molar-refractivity contribution in [2.24, 2.45) is 5.92 Å². The number of aromatic nitrogens is 4. The van der Waals surface area contributed by atoms with Crippen molar-refractivity contribution in [3.8, 4) is 68.8 Å². The van der Waals surface area contributed by atoms with Crippen LogP contribution < -0.4 is 53.8 Å². The summed E-state index contributed by atoms with van der Waals surface area (Å²) in [6, 6.07) is 32.2. The molecule has 0 atom stereocenters. The van der Waals surface area contributed by atoms with E-state index in [1.807, 2.05) is 50.2 Å². The zero-order valence-corrected chi connectivity index (χ0v) is 63.7. The highest BCUT2D eigenvalue weighted by molar-refractivity contribution is 5.98. The lowest BCUT2D eigenvalue weighted by Crippen LogP contribution is -2.41. The molecule has 15 rings (SSSR count). The molecule has 0 aliphatic carbocycles. The van der Waals surface area contributed by atoms with Gasteiger partial charge in [0.1, 0.15) is 22.9 Å². The molecule has 3 aromatic carbocycles. The van der Waals surface area contributed by atoms with Crippen LogP contribution in [0.1, 0.15) is 114 Å². The van der Waals surface area contributed by atoms with Crippen LogP contribution in [0.4, 0.5) is 17.1 Å². The fourth-order valence-electron chi connectivity index (χ4n) is 16.0. The number of hydrogen-bond acceptors (Lipinski definition) is 20. The topological polar surface area (TPSA) is 200 Å². The van der Waals surface area contributed by atoms with Crippen LogP contribution in [0.25, 0.3) is 67.0 Å². The third-order valence-corrected chi connectivity index (χ3v) is 22.2. The van der Waals surface area contributed by atoms with E-state index in [4.69, 9.17) is 52.2 Å². The number of furan rings is 2. The van der Waals surface area contributed by atoms with Gasteiger partial charge in [0.05, 0.1) is 69.1 Å². The van der Waals surface area contributed by atoms with Crippen molar-refractivity contribution in [1.29, 1.82) is 0 Å². The Morgan fingerprint density at radius 1 is 0.429 bits per heavy atom. The Labute approximate surface area is 621 Å². The molecule has 21 nitrogen and oxygen atoms in total. The smallest absolute Gasteiger partial charge is 0.163 e. The standard InChI is InChI=1S/C28H39N5O2.C28H38N4O3.C28H37N3O4/c1-20-7-8-23(30-20)25-18-26(33-14-9-21(29-2)10-15-33)22-17-27(34-3)28(19-24(22)31-25)35-16-6-13-32-11-4-5-12-32;1-20-7-8-26(35-20)24-18-25(32-14-9-21(29-2)10-15-32)22-17-27(33-3)28(19-23(22)30-24)34-16-6-13-31-11-4-5-12-31;1-20-6-7-26(35-20)24-17-25(31-13-8-21(19-32)9-14-31)22-16-27(33-2)28(18-23(22)29-24)34-15-5-12-30-10-3-4-11-30/h7-8,17-19,21,29-30H,4-6,9-16H2,1-3H3;7-8,17-19,21,29H,4-6,9-16H2,1-3H3;6-7,16-18,21,32H,3-5,8-15,19H2,1-2H3. The minimum absolute atomic E-state index is 0.258. The molecule has 0 bridgehead atoms. The van der Waals surface area contributed by atoms with E-state index >= 15 is 0 Å². The average molecular weight is 1440 g/mol. The summed E-state index contributed by atoms with van der Waals surface area (Å²) in [5, 5.41) is 19.7. The van der Waals surface area contributed by atoms with Gasteiger partial charge >= 0.3 is 0 Å². The number of aromatic amines is 1. The van der Waals surface area contributed by atoms with Crippen molar-refractivity contribution in [2.75, 3.05) is 175 Å². The molecule has 0 spiro atoms. The average Bonchev–Trinajstić information content (AvgIpc) is 1.73. The molecule has 0 amide bonds. The number of nitrogens with zero attached hydrogens (tertiary/aromatic N) is 9. The summed E-state index contributed by atoms with van der Waals surface area (Å²) >= 11 is 0. The summed E-state index contributed by atoms with van der Waals surface area (Å²) in [6.07, 6.45) is 17.4. The van der Waals surface area contributed by atoms with Gasteiger partial charge in [-0.25, -0.2) is 15.0 Å². The minimum Gasteiger partial charge on any atom is -0.493 e. The number of fused-ring (bicyclic) bond motifs is 3. The lowest BCUT2D eigenvalue weighted by Gasteiger charge is -2.34. The molecule has 9 aromatic rings. The molecule has 4 N–H and O–H groups in total. The van der Waals surface area contributed by atoms with Crippen molar-refractivity contribution in [3.63, 3.8) is 0 Å². The Hall–Kier alpha value is -8.31. The lowest BCUT2D eigenvalue weighted by molar-refractivity contribution is 0.203. The number of anilines is 3. The van der Waals surface area contributed by atoms with Crippen molar-refractivity contribution in [1.82, 2.24) is 45.3 Å². The van der Waals surface area contributed by atoms with Crippen molar-refractivity contribution >= 4 is 49.8 Å². The Bertz CT molecular complexity index is 3820. The van der Waals surface area contributed by atoms with Crippen LogP contribution in [-0.4, -0.2) is 212 Å². The monoisotopic (exact) mass is 1430 g/mol. The molecule has 564 valence electrons. The van der Waals surface area contributed by atoms with E-state index in [-0.39, 0.29) is 6.61 Å². The fraction of sp³-hybridized carbons (Fsp3) is 0.536. The van der Waals surface area contributed by atoms with Gasteiger partial charge in [0.25, 0.3) is 0 Å². The number of H-pyrrole nitrogens is 1. The number of pyridine rings is 3. The molecular weight excluding hydrogens is 1320 g/mol. The van der Waals surface area contributed by atoms with Gasteiger partial charge in [0, 0.05) is 135 Å². The first-order valence-electron chi connectivity index (χ1n) is 39.1. The molecule has 105 heavy (non-hydrogen) atoms. The van der Waals surface area contributed by atoms with Crippen LogP contribution in [0.15, 0.2) is 99.8 Å². The number of rotatable bonds is 27. The lowest BCUT2D eigenvalue weighted by atomic mass is 9.97. The van der Waals surface area contributed by atoms with Gasteiger partial charge < -0.3 is 87.4 Å². The fourth-order valence-corrected chi connectivity index (χ4v) is 16.0. The van der Waals surface area contributed by atoms with Gasteiger partial charge in [0.2, 0.25) is 0 Å². The quantitative estimate of drug-likeness (QED) is 0.0354. The zero-order chi connectivity index (χ0) is 72.6. The molecule has 6 aliphatic rings. The first-order chi connectivity index (χ1) is 51.4. The van der Waals surface area contributed by atoms with E-state index in [1.54, 1.807) is 21.3 Å². The molecule has 0 saturated carbocycles. The predicted molar refractivity (Wildman–Crippen MR) is 422 cm³/mol.